The van der Waals surface area contributed by atoms with Gasteiger partial charge < -0.3 is 9.32 Å². The van der Waals surface area contributed by atoms with Gasteiger partial charge in [0.05, 0.1) is 11.8 Å². The van der Waals surface area contributed by atoms with E-state index < -0.39 is 0 Å². The molecule has 3 rings (SSSR count). The molecule has 0 aliphatic heterocycles. The summed E-state index contributed by atoms with van der Waals surface area (Å²) in [6.07, 6.45) is 5.53. The van der Waals surface area contributed by atoms with Gasteiger partial charge >= 0.3 is 0 Å². The molecule has 0 saturated heterocycles. The molecule has 1 heterocycles. The highest BCUT2D eigenvalue weighted by Gasteiger charge is 2.34. The SMILES string of the molecule is CC(C1CC1)N(Cc1ccccc1)C(=O)c1ccoc1. The number of carbonyl (C=O) groups excluding carboxylic acids is 1. The summed E-state index contributed by atoms with van der Waals surface area (Å²) in [7, 11) is 0. The van der Waals surface area contributed by atoms with Crippen molar-refractivity contribution in [1.29, 1.82) is 0 Å². The fourth-order valence-corrected chi connectivity index (χ4v) is 2.57. The van der Waals surface area contributed by atoms with Gasteiger partial charge in [-0.2, -0.15) is 0 Å². The molecule has 1 fully saturated rings. The van der Waals surface area contributed by atoms with E-state index in [4.69, 9.17) is 4.42 Å². The van der Waals surface area contributed by atoms with Gasteiger partial charge in [-0.1, -0.05) is 30.3 Å². The van der Waals surface area contributed by atoms with Gasteiger partial charge in [0.15, 0.2) is 0 Å². The summed E-state index contributed by atoms with van der Waals surface area (Å²) < 4.78 is 5.04. The number of carbonyl (C=O) groups is 1. The Morgan fingerprint density at radius 3 is 2.65 bits per heavy atom. The van der Waals surface area contributed by atoms with Crippen LogP contribution in [0.5, 0.6) is 0 Å². The molecule has 20 heavy (non-hydrogen) atoms. The molecule has 1 aliphatic rings. The minimum Gasteiger partial charge on any atom is -0.472 e. The predicted molar refractivity (Wildman–Crippen MR) is 77.2 cm³/mol. The zero-order valence-electron chi connectivity index (χ0n) is 11.7. The van der Waals surface area contributed by atoms with Crippen molar-refractivity contribution in [3.8, 4) is 0 Å². The van der Waals surface area contributed by atoms with Crippen LogP contribution in [0, 0.1) is 5.92 Å². The summed E-state index contributed by atoms with van der Waals surface area (Å²) in [6.45, 7) is 2.81. The normalized spacial score (nSPS) is 15.8. The predicted octanol–water partition coefficient (Wildman–Crippen LogP) is 3.72. The van der Waals surface area contributed by atoms with Crippen molar-refractivity contribution >= 4 is 5.91 Å². The number of amides is 1. The Balaban J connectivity index is 1.82. The summed E-state index contributed by atoms with van der Waals surface area (Å²) in [6, 6.07) is 12.2. The van der Waals surface area contributed by atoms with Crippen molar-refractivity contribution in [3.63, 3.8) is 0 Å². The van der Waals surface area contributed by atoms with Crippen LogP contribution in [-0.2, 0) is 6.54 Å². The third-order valence-electron chi connectivity index (χ3n) is 4.02. The maximum atomic E-state index is 12.6. The summed E-state index contributed by atoms with van der Waals surface area (Å²) in [5.74, 6) is 0.705. The Morgan fingerprint density at radius 2 is 2.05 bits per heavy atom. The maximum absolute atomic E-state index is 12.6. The van der Waals surface area contributed by atoms with Crippen LogP contribution < -0.4 is 0 Å². The van der Waals surface area contributed by atoms with Crippen LogP contribution in [0.3, 0.4) is 0 Å². The van der Waals surface area contributed by atoms with Crippen LogP contribution in [0.25, 0.3) is 0 Å². The topological polar surface area (TPSA) is 33.5 Å². The molecular formula is C17H19NO2. The zero-order valence-corrected chi connectivity index (χ0v) is 11.7. The van der Waals surface area contributed by atoms with Crippen LogP contribution in [0.15, 0.2) is 53.3 Å². The molecule has 3 heteroatoms. The van der Waals surface area contributed by atoms with Crippen LogP contribution in [-0.4, -0.2) is 16.8 Å². The molecule has 1 saturated carbocycles. The third-order valence-corrected chi connectivity index (χ3v) is 4.02. The molecule has 1 aliphatic carbocycles. The van der Waals surface area contributed by atoms with Gasteiger partial charge in [-0.25, -0.2) is 0 Å². The van der Waals surface area contributed by atoms with Crippen molar-refractivity contribution < 1.29 is 9.21 Å². The standard InChI is InChI=1S/C17H19NO2/c1-13(15-7-8-15)18(11-14-5-3-2-4-6-14)17(19)16-9-10-20-12-16/h2-6,9-10,12-13,15H,7-8,11H2,1H3. The first-order chi connectivity index (χ1) is 9.75. The number of hydrogen-bond donors (Lipinski definition) is 0. The van der Waals surface area contributed by atoms with E-state index in [1.807, 2.05) is 23.1 Å². The van der Waals surface area contributed by atoms with Gasteiger partial charge in [0.25, 0.3) is 5.91 Å². The first kappa shape index (κ1) is 13.0. The summed E-state index contributed by atoms with van der Waals surface area (Å²) in [4.78, 5) is 14.6. The maximum Gasteiger partial charge on any atom is 0.257 e. The Morgan fingerprint density at radius 1 is 1.30 bits per heavy atom. The Labute approximate surface area is 119 Å². The molecule has 1 aromatic heterocycles. The number of rotatable bonds is 5. The number of nitrogens with zero attached hydrogens (tertiary/aromatic N) is 1. The minimum atomic E-state index is 0.0574. The van der Waals surface area contributed by atoms with Crippen LogP contribution in [0.2, 0.25) is 0 Å². The second-order valence-corrected chi connectivity index (χ2v) is 5.51. The highest BCUT2D eigenvalue weighted by molar-refractivity contribution is 5.94. The van der Waals surface area contributed by atoms with Crippen LogP contribution in [0.4, 0.5) is 0 Å². The van der Waals surface area contributed by atoms with Gasteiger partial charge in [-0.3, -0.25) is 4.79 Å². The number of hydrogen-bond acceptors (Lipinski definition) is 2. The molecule has 1 unspecified atom stereocenters. The van der Waals surface area contributed by atoms with Crippen molar-refractivity contribution in [2.75, 3.05) is 0 Å². The van der Waals surface area contributed by atoms with Crippen molar-refractivity contribution in [2.24, 2.45) is 5.92 Å². The second-order valence-electron chi connectivity index (χ2n) is 5.51. The molecule has 3 nitrogen and oxygen atoms in total. The van der Waals surface area contributed by atoms with E-state index in [9.17, 15) is 4.79 Å². The largest absolute Gasteiger partial charge is 0.472 e. The van der Waals surface area contributed by atoms with Gasteiger partial charge in [0.1, 0.15) is 6.26 Å². The average molecular weight is 269 g/mol. The lowest BCUT2D eigenvalue weighted by Gasteiger charge is -2.29. The first-order valence-electron chi connectivity index (χ1n) is 7.13. The van der Waals surface area contributed by atoms with Gasteiger partial charge in [0, 0.05) is 12.6 Å². The Hall–Kier alpha value is -2.03. The molecule has 1 amide bonds. The summed E-state index contributed by atoms with van der Waals surface area (Å²) >= 11 is 0. The number of benzene rings is 1. The van der Waals surface area contributed by atoms with E-state index in [0.717, 1.165) is 5.56 Å². The molecule has 0 radical (unpaired) electrons. The van der Waals surface area contributed by atoms with E-state index in [1.165, 1.54) is 19.1 Å². The monoisotopic (exact) mass is 269 g/mol. The highest BCUT2D eigenvalue weighted by atomic mass is 16.3. The fourth-order valence-electron chi connectivity index (χ4n) is 2.57. The van der Waals surface area contributed by atoms with E-state index >= 15 is 0 Å². The highest BCUT2D eigenvalue weighted by Crippen LogP contribution is 2.36. The first-order valence-corrected chi connectivity index (χ1v) is 7.13. The van der Waals surface area contributed by atoms with Crippen molar-refractivity contribution in [2.45, 2.75) is 32.4 Å². The lowest BCUT2D eigenvalue weighted by molar-refractivity contribution is 0.0653. The molecule has 1 aromatic carbocycles. The Kier molecular flexibility index (Phi) is 3.59. The molecule has 104 valence electrons. The summed E-state index contributed by atoms with van der Waals surface area (Å²) in [5.41, 5.74) is 1.80. The van der Waals surface area contributed by atoms with Gasteiger partial charge in [0.2, 0.25) is 0 Å². The van der Waals surface area contributed by atoms with Gasteiger partial charge in [-0.15, -0.1) is 0 Å². The van der Waals surface area contributed by atoms with E-state index in [0.29, 0.717) is 18.0 Å². The molecular weight excluding hydrogens is 250 g/mol. The summed E-state index contributed by atoms with van der Waals surface area (Å²) in [5, 5.41) is 0. The Bertz CT molecular complexity index is 558. The second kappa shape index (κ2) is 5.53. The fraction of sp³-hybridized carbons (Fsp3) is 0.353. The van der Waals surface area contributed by atoms with Gasteiger partial charge in [-0.05, 0) is 37.3 Å². The molecule has 0 spiro atoms. The number of furan rings is 1. The molecule has 0 N–H and O–H groups in total. The lowest BCUT2D eigenvalue weighted by Crippen LogP contribution is -2.39. The third kappa shape index (κ3) is 2.77. The van der Waals surface area contributed by atoms with Crippen LogP contribution in [0.1, 0.15) is 35.7 Å². The molecule has 0 bridgehead atoms. The van der Waals surface area contributed by atoms with E-state index in [-0.39, 0.29) is 11.9 Å². The minimum absolute atomic E-state index is 0.0574. The lowest BCUT2D eigenvalue weighted by atomic mass is 10.1. The smallest absolute Gasteiger partial charge is 0.257 e. The molecule has 1 atom stereocenters. The van der Waals surface area contributed by atoms with E-state index in [1.54, 1.807) is 12.3 Å². The van der Waals surface area contributed by atoms with Crippen LogP contribution >= 0.6 is 0 Å². The average Bonchev–Trinajstić information content (AvgIpc) is 3.19. The molecule has 2 aromatic rings. The van der Waals surface area contributed by atoms with Crippen molar-refractivity contribution in [1.82, 2.24) is 4.90 Å². The van der Waals surface area contributed by atoms with Crippen molar-refractivity contribution in [3.05, 3.63) is 60.1 Å². The zero-order chi connectivity index (χ0) is 13.9. The quantitative estimate of drug-likeness (QED) is 0.829. The van der Waals surface area contributed by atoms with E-state index in [2.05, 4.69) is 19.1 Å².